The number of para-hydroxylation sites is 1. The number of alkyl halides is 3. The number of nitrogens with one attached hydrogen (secondary N) is 2. The molecule has 28 heavy (non-hydrogen) atoms. The first-order valence-corrected chi connectivity index (χ1v) is 7.46. The highest BCUT2D eigenvalue weighted by atomic mass is 19.4. The Morgan fingerprint density at radius 3 is 2.75 bits per heavy atom. The highest BCUT2D eigenvalue weighted by Crippen LogP contribution is 2.28. The normalized spacial score (nSPS) is 11.4. The number of aromatic amines is 1. The van der Waals surface area contributed by atoms with Crippen LogP contribution in [0.25, 0.3) is 10.9 Å². The van der Waals surface area contributed by atoms with E-state index in [4.69, 9.17) is 0 Å². The van der Waals surface area contributed by atoms with E-state index >= 15 is 0 Å². The van der Waals surface area contributed by atoms with Crippen molar-refractivity contribution >= 4 is 28.2 Å². The molecule has 1 aromatic carbocycles. The molecular formula is C15H10F3N5O5. The Labute approximate surface area is 152 Å². The molecule has 2 heterocycles. The first-order valence-electron chi connectivity index (χ1n) is 7.46. The molecule has 0 aliphatic carbocycles. The van der Waals surface area contributed by atoms with Crippen LogP contribution in [0, 0.1) is 10.1 Å². The number of hydrogen-bond acceptors (Lipinski definition) is 6. The van der Waals surface area contributed by atoms with Crippen molar-refractivity contribution in [3.63, 3.8) is 0 Å². The minimum atomic E-state index is -4.96. The van der Waals surface area contributed by atoms with Crippen molar-refractivity contribution < 1.29 is 27.6 Å². The van der Waals surface area contributed by atoms with Crippen molar-refractivity contribution in [1.82, 2.24) is 14.8 Å². The van der Waals surface area contributed by atoms with Gasteiger partial charge in [0.05, 0.1) is 15.8 Å². The van der Waals surface area contributed by atoms with Crippen LogP contribution in [0.3, 0.4) is 0 Å². The van der Waals surface area contributed by atoms with E-state index in [-0.39, 0.29) is 16.6 Å². The van der Waals surface area contributed by atoms with Crippen molar-refractivity contribution in [2.75, 3.05) is 5.32 Å². The topological polar surface area (TPSA) is 132 Å². The summed E-state index contributed by atoms with van der Waals surface area (Å²) in [6.45, 7) is 0. The van der Waals surface area contributed by atoms with Crippen molar-refractivity contribution in [3.8, 4) is 5.75 Å². The molecule has 0 bridgehead atoms. The second kappa shape index (κ2) is 6.68. The predicted octanol–water partition coefficient (Wildman–Crippen LogP) is 2.32. The number of aryl methyl sites for hydroxylation is 1. The van der Waals surface area contributed by atoms with Gasteiger partial charge in [-0.1, -0.05) is 6.07 Å². The summed E-state index contributed by atoms with van der Waals surface area (Å²) in [7, 11) is 1.30. The molecule has 1 amide bonds. The van der Waals surface area contributed by atoms with Gasteiger partial charge in [-0.3, -0.25) is 24.4 Å². The van der Waals surface area contributed by atoms with E-state index in [0.717, 1.165) is 23.1 Å². The summed E-state index contributed by atoms with van der Waals surface area (Å²) in [5.41, 5.74) is -2.33. The monoisotopic (exact) mass is 397 g/mol. The van der Waals surface area contributed by atoms with Crippen molar-refractivity contribution in [2.24, 2.45) is 7.05 Å². The maximum atomic E-state index is 12.5. The molecule has 146 valence electrons. The molecule has 3 aromatic rings. The number of amides is 1. The number of aromatic nitrogens is 3. The van der Waals surface area contributed by atoms with Gasteiger partial charge in [0.15, 0.2) is 5.75 Å². The number of pyridine rings is 1. The number of carbonyl (C=O) groups excluding carboxylic acids is 1. The number of hydrogen-bond donors (Lipinski definition) is 2. The van der Waals surface area contributed by atoms with Crippen LogP contribution < -0.4 is 15.5 Å². The van der Waals surface area contributed by atoms with Gasteiger partial charge in [0.2, 0.25) is 11.1 Å². The zero-order valence-corrected chi connectivity index (χ0v) is 13.9. The predicted molar refractivity (Wildman–Crippen MR) is 89.1 cm³/mol. The Kier molecular flexibility index (Phi) is 4.50. The van der Waals surface area contributed by atoms with E-state index in [9.17, 15) is 32.9 Å². The first-order chi connectivity index (χ1) is 13.1. The number of fused-ring (bicyclic) bond motifs is 1. The van der Waals surface area contributed by atoms with Crippen LogP contribution in [0.15, 0.2) is 35.4 Å². The van der Waals surface area contributed by atoms with Gasteiger partial charge in [0.25, 0.3) is 5.91 Å². The molecular weight excluding hydrogens is 387 g/mol. The Bertz CT molecular complexity index is 1150. The average Bonchev–Trinajstić information content (AvgIpc) is 2.98. The quantitative estimate of drug-likeness (QED) is 0.513. The maximum absolute atomic E-state index is 12.5. The Morgan fingerprint density at radius 2 is 2.11 bits per heavy atom. The van der Waals surface area contributed by atoms with Crippen molar-refractivity contribution in [1.29, 1.82) is 0 Å². The largest absolute Gasteiger partial charge is 0.573 e. The minimum absolute atomic E-state index is 0.181. The third-order valence-corrected chi connectivity index (χ3v) is 3.68. The molecule has 0 spiro atoms. The summed E-state index contributed by atoms with van der Waals surface area (Å²) in [5.74, 6) is -1.61. The molecule has 0 aliphatic heterocycles. The van der Waals surface area contributed by atoms with Gasteiger partial charge >= 0.3 is 12.0 Å². The highest BCUT2D eigenvalue weighted by Gasteiger charge is 2.32. The number of nitro groups is 1. The Morgan fingerprint density at radius 1 is 1.39 bits per heavy atom. The lowest BCUT2D eigenvalue weighted by Gasteiger charge is -2.12. The zero-order chi connectivity index (χ0) is 20.6. The molecule has 2 N–H and O–H groups in total. The maximum Gasteiger partial charge on any atom is 0.573 e. The van der Waals surface area contributed by atoms with Gasteiger partial charge in [-0.2, -0.15) is 5.10 Å². The molecule has 0 fully saturated rings. The summed E-state index contributed by atoms with van der Waals surface area (Å²) >= 11 is 0. The van der Waals surface area contributed by atoms with E-state index in [1.165, 1.54) is 19.2 Å². The number of ether oxygens (including phenoxy) is 1. The van der Waals surface area contributed by atoms with Crippen LogP contribution in [-0.4, -0.2) is 32.0 Å². The van der Waals surface area contributed by atoms with Crippen LogP contribution in [-0.2, 0) is 7.05 Å². The smallest absolute Gasteiger partial charge is 0.404 e. The highest BCUT2D eigenvalue weighted by molar-refractivity contribution is 6.06. The average molecular weight is 397 g/mol. The molecule has 10 nitrogen and oxygen atoms in total. The number of halogens is 3. The van der Waals surface area contributed by atoms with Gasteiger partial charge < -0.3 is 15.0 Å². The van der Waals surface area contributed by atoms with Crippen molar-refractivity contribution in [3.05, 3.63) is 56.6 Å². The lowest BCUT2D eigenvalue weighted by Crippen LogP contribution is -2.22. The number of anilines is 1. The van der Waals surface area contributed by atoms with Crippen LogP contribution >= 0.6 is 0 Å². The fourth-order valence-electron chi connectivity index (χ4n) is 2.53. The molecule has 0 saturated carbocycles. The van der Waals surface area contributed by atoms with Crippen LogP contribution in [0.4, 0.5) is 24.5 Å². The number of benzene rings is 1. The Hall–Kier alpha value is -3.90. The van der Waals surface area contributed by atoms with E-state index in [1.807, 2.05) is 0 Å². The van der Waals surface area contributed by atoms with Crippen LogP contribution in [0.2, 0.25) is 0 Å². The zero-order valence-electron chi connectivity index (χ0n) is 13.9. The van der Waals surface area contributed by atoms with E-state index < -0.39 is 39.8 Å². The minimum Gasteiger partial charge on any atom is -0.404 e. The standard InChI is InChI=1S/C15H10F3N5O5/c1-22-12(9(6-20-22)23(26)27)14(25)21-8-5-19-11-7(13(8)24)3-2-4-10(11)28-15(16,17)18/h2-6H,1H3,(H,19,24)(H,21,25). The summed E-state index contributed by atoms with van der Waals surface area (Å²) < 4.78 is 42.3. The fourth-order valence-corrected chi connectivity index (χ4v) is 2.53. The van der Waals surface area contributed by atoms with Gasteiger partial charge in [-0.15, -0.1) is 13.2 Å². The molecule has 0 saturated heterocycles. The van der Waals surface area contributed by atoms with E-state index in [2.05, 4.69) is 20.1 Å². The molecule has 13 heteroatoms. The second-order valence-electron chi connectivity index (χ2n) is 5.47. The van der Waals surface area contributed by atoms with Gasteiger partial charge in [0, 0.05) is 13.2 Å². The molecule has 0 aliphatic rings. The molecule has 0 radical (unpaired) electrons. The Balaban J connectivity index is 2.01. The lowest BCUT2D eigenvalue weighted by molar-refractivity contribution is -0.385. The molecule has 0 unspecified atom stereocenters. The fraction of sp³-hybridized carbons (Fsp3) is 0.133. The summed E-state index contributed by atoms with van der Waals surface area (Å²) in [4.78, 5) is 37.5. The van der Waals surface area contributed by atoms with Crippen LogP contribution in [0.1, 0.15) is 10.5 Å². The summed E-state index contributed by atoms with van der Waals surface area (Å²) in [5, 5.41) is 16.6. The second-order valence-corrected chi connectivity index (χ2v) is 5.47. The third-order valence-electron chi connectivity index (χ3n) is 3.68. The SMILES string of the molecule is Cn1ncc([N+](=O)[O-])c1C(=O)Nc1c[nH]c2c(OC(F)(F)F)cccc2c1=O. The number of rotatable bonds is 4. The van der Waals surface area contributed by atoms with Gasteiger partial charge in [-0.25, -0.2) is 0 Å². The molecule has 2 aromatic heterocycles. The third kappa shape index (κ3) is 3.49. The summed E-state index contributed by atoms with van der Waals surface area (Å²) in [6.07, 6.45) is -3.12. The van der Waals surface area contributed by atoms with Gasteiger partial charge in [0.1, 0.15) is 11.9 Å². The molecule has 0 atom stereocenters. The lowest BCUT2D eigenvalue weighted by atomic mass is 10.2. The van der Waals surface area contributed by atoms with Crippen molar-refractivity contribution in [2.45, 2.75) is 6.36 Å². The molecule has 3 rings (SSSR count). The number of carbonyl (C=O) groups is 1. The van der Waals surface area contributed by atoms with Crippen LogP contribution in [0.5, 0.6) is 5.75 Å². The van der Waals surface area contributed by atoms with E-state index in [0.29, 0.717) is 0 Å². The number of H-pyrrole nitrogens is 1. The first kappa shape index (κ1) is 18.9. The summed E-state index contributed by atoms with van der Waals surface area (Å²) in [6, 6.07) is 3.43. The number of nitrogens with zero attached hydrogens (tertiary/aromatic N) is 3. The van der Waals surface area contributed by atoms with Gasteiger partial charge in [-0.05, 0) is 12.1 Å². The van der Waals surface area contributed by atoms with E-state index in [1.54, 1.807) is 0 Å².